The number of carbonyl (C=O) groups is 1. The number of thiol groups is 1. The number of hydrogen-bond donors (Lipinski definition) is 3. The van der Waals surface area contributed by atoms with Crippen LogP contribution in [-0.2, 0) is 10.2 Å². The van der Waals surface area contributed by atoms with Gasteiger partial charge in [-0.2, -0.15) is 0 Å². The Labute approximate surface area is 162 Å². The quantitative estimate of drug-likeness (QED) is 0.475. The Morgan fingerprint density at radius 3 is 2.11 bits per heavy atom. The van der Waals surface area contributed by atoms with Crippen molar-refractivity contribution >= 4 is 24.5 Å². The summed E-state index contributed by atoms with van der Waals surface area (Å²) in [7, 11) is 1.59. The van der Waals surface area contributed by atoms with Gasteiger partial charge in [0, 0.05) is 24.2 Å². The van der Waals surface area contributed by atoms with Crippen LogP contribution in [0.25, 0.3) is 0 Å². The van der Waals surface area contributed by atoms with Gasteiger partial charge in [-0.1, -0.05) is 24.3 Å². The van der Waals surface area contributed by atoms with Crippen LogP contribution in [0.5, 0.6) is 17.2 Å². The van der Waals surface area contributed by atoms with Gasteiger partial charge in [-0.15, -0.1) is 0 Å². The van der Waals surface area contributed by atoms with Gasteiger partial charge in [-0.05, 0) is 53.6 Å². The van der Waals surface area contributed by atoms with Crippen molar-refractivity contribution in [1.82, 2.24) is 0 Å². The van der Waals surface area contributed by atoms with Crippen LogP contribution < -0.4 is 14.2 Å². The van der Waals surface area contributed by atoms with Gasteiger partial charge >= 0.3 is 0 Å². The first kappa shape index (κ1) is 17.3. The predicted octanol–water partition coefficient (Wildman–Crippen LogP) is 3.91. The summed E-state index contributed by atoms with van der Waals surface area (Å²) in [5, 5.41) is 12.7. The lowest BCUT2D eigenvalue weighted by molar-refractivity contribution is -0.118. The van der Waals surface area contributed by atoms with E-state index in [-0.39, 0.29) is 11.7 Å². The van der Waals surface area contributed by atoms with Gasteiger partial charge < -0.3 is 19.3 Å². The standard InChI is InChI=1S/C21H17NO4S/c1-25-17-10-11-19-18(12-17)21(20(24)22-19,13-2-6-15(23)7-3-13)14-4-8-16(26-27)9-5-14/h2-12,23,27H,1H3,(H,22,24). The number of carbonyl (C=O) groups excluding carboxylic acids is 1. The summed E-state index contributed by atoms with van der Waals surface area (Å²) in [5.41, 5.74) is 1.95. The average Bonchev–Trinajstić information content (AvgIpc) is 3.00. The summed E-state index contributed by atoms with van der Waals surface area (Å²) in [6.45, 7) is 0. The highest BCUT2D eigenvalue weighted by molar-refractivity contribution is 7.75. The molecule has 3 aromatic rings. The summed E-state index contributed by atoms with van der Waals surface area (Å²) in [5.74, 6) is 1.20. The third-order valence-corrected chi connectivity index (χ3v) is 5.12. The zero-order valence-corrected chi connectivity index (χ0v) is 15.4. The number of hydrogen-bond acceptors (Lipinski definition) is 5. The van der Waals surface area contributed by atoms with E-state index in [4.69, 9.17) is 8.92 Å². The van der Waals surface area contributed by atoms with Crippen LogP contribution in [-0.4, -0.2) is 18.1 Å². The van der Waals surface area contributed by atoms with Gasteiger partial charge in [0.2, 0.25) is 5.91 Å². The van der Waals surface area contributed by atoms with E-state index in [1.165, 1.54) is 0 Å². The van der Waals surface area contributed by atoms with Crippen molar-refractivity contribution in [2.24, 2.45) is 0 Å². The first-order valence-electron chi connectivity index (χ1n) is 8.31. The topological polar surface area (TPSA) is 67.8 Å². The monoisotopic (exact) mass is 379 g/mol. The van der Waals surface area contributed by atoms with Crippen molar-refractivity contribution in [3.63, 3.8) is 0 Å². The van der Waals surface area contributed by atoms with E-state index < -0.39 is 5.41 Å². The van der Waals surface area contributed by atoms with E-state index in [1.54, 1.807) is 43.5 Å². The molecule has 0 bridgehead atoms. The van der Waals surface area contributed by atoms with E-state index in [9.17, 15) is 9.90 Å². The molecule has 0 spiro atoms. The molecule has 136 valence electrons. The van der Waals surface area contributed by atoms with Gasteiger partial charge in [0.15, 0.2) is 0 Å². The highest BCUT2D eigenvalue weighted by Crippen LogP contribution is 2.49. The molecular formula is C21H17NO4S. The third-order valence-electron chi connectivity index (χ3n) is 4.91. The van der Waals surface area contributed by atoms with Crippen LogP contribution in [0.3, 0.4) is 0 Å². The maximum atomic E-state index is 13.3. The Balaban J connectivity index is 2.03. The molecule has 1 amide bonds. The summed E-state index contributed by atoms with van der Waals surface area (Å²) < 4.78 is 10.3. The molecule has 5 nitrogen and oxygen atoms in total. The lowest BCUT2D eigenvalue weighted by Crippen LogP contribution is -2.37. The molecule has 0 saturated heterocycles. The minimum atomic E-state index is -1.08. The van der Waals surface area contributed by atoms with E-state index >= 15 is 0 Å². The molecule has 2 N–H and O–H groups in total. The summed E-state index contributed by atoms with van der Waals surface area (Å²) in [6.07, 6.45) is 0. The highest BCUT2D eigenvalue weighted by Gasteiger charge is 2.50. The number of benzene rings is 3. The molecule has 0 fully saturated rings. The first-order valence-corrected chi connectivity index (χ1v) is 8.67. The Morgan fingerprint density at radius 1 is 0.926 bits per heavy atom. The number of ether oxygens (including phenoxy) is 1. The van der Waals surface area contributed by atoms with Crippen LogP contribution in [0.15, 0.2) is 66.7 Å². The minimum Gasteiger partial charge on any atom is -0.508 e. The highest BCUT2D eigenvalue weighted by atomic mass is 32.1. The first-order chi connectivity index (χ1) is 13.1. The van der Waals surface area contributed by atoms with Crippen molar-refractivity contribution in [2.75, 3.05) is 12.4 Å². The molecule has 1 unspecified atom stereocenters. The second-order valence-electron chi connectivity index (χ2n) is 6.28. The van der Waals surface area contributed by atoms with E-state index in [0.717, 1.165) is 22.4 Å². The number of methoxy groups -OCH3 is 1. The van der Waals surface area contributed by atoms with Crippen LogP contribution >= 0.6 is 12.9 Å². The molecule has 1 aliphatic heterocycles. The van der Waals surface area contributed by atoms with Crippen molar-refractivity contribution in [3.8, 4) is 17.2 Å². The Bertz CT molecular complexity index is 1000. The molecule has 1 atom stereocenters. The van der Waals surface area contributed by atoms with Gasteiger partial charge in [0.1, 0.15) is 22.7 Å². The zero-order chi connectivity index (χ0) is 19.0. The summed E-state index contributed by atoms with van der Waals surface area (Å²) >= 11 is 3.82. The smallest absolute Gasteiger partial charge is 0.244 e. The van der Waals surface area contributed by atoms with Gasteiger partial charge in [-0.3, -0.25) is 4.79 Å². The molecule has 0 aromatic heterocycles. The predicted molar refractivity (Wildman–Crippen MR) is 106 cm³/mol. The molecule has 6 heteroatoms. The number of nitrogens with one attached hydrogen (secondary N) is 1. The maximum absolute atomic E-state index is 13.3. The number of amides is 1. The number of aromatic hydroxyl groups is 1. The van der Waals surface area contributed by atoms with Crippen LogP contribution in [0, 0.1) is 0 Å². The average molecular weight is 379 g/mol. The van der Waals surface area contributed by atoms with E-state index in [1.807, 2.05) is 30.3 Å². The van der Waals surface area contributed by atoms with Crippen molar-refractivity contribution in [2.45, 2.75) is 5.41 Å². The molecule has 1 aliphatic rings. The molecule has 3 aromatic carbocycles. The molecular weight excluding hydrogens is 362 g/mol. The molecule has 0 saturated carbocycles. The third kappa shape index (κ3) is 2.61. The van der Waals surface area contributed by atoms with Crippen molar-refractivity contribution in [1.29, 1.82) is 0 Å². The van der Waals surface area contributed by atoms with Crippen molar-refractivity contribution < 1.29 is 18.8 Å². The fourth-order valence-corrected chi connectivity index (χ4v) is 3.75. The molecule has 1 heterocycles. The number of phenols is 1. The number of phenolic OH excluding ortho intramolecular Hbond substituents is 1. The van der Waals surface area contributed by atoms with Crippen LogP contribution in [0.2, 0.25) is 0 Å². The van der Waals surface area contributed by atoms with Crippen LogP contribution in [0.1, 0.15) is 16.7 Å². The normalized spacial score (nSPS) is 17.9. The van der Waals surface area contributed by atoms with Gasteiger partial charge in [0.25, 0.3) is 0 Å². The molecule has 0 aliphatic carbocycles. The van der Waals surface area contributed by atoms with Crippen molar-refractivity contribution in [3.05, 3.63) is 83.4 Å². The lowest BCUT2D eigenvalue weighted by Gasteiger charge is -2.29. The SMILES string of the molecule is COc1ccc2c(c1)C(c1ccc(O)cc1)(c1ccc(OS)cc1)C(=O)N2. The van der Waals surface area contributed by atoms with Crippen LogP contribution in [0.4, 0.5) is 5.69 Å². The summed E-state index contributed by atoms with van der Waals surface area (Å²) in [4.78, 5) is 13.3. The fraction of sp³-hybridized carbons (Fsp3) is 0.0952. The second-order valence-corrected chi connectivity index (χ2v) is 6.46. The zero-order valence-electron chi connectivity index (χ0n) is 14.5. The number of rotatable bonds is 4. The number of fused-ring (bicyclic) bond motifs is 1. The Morgan fingerprint density at radius 2 is 1.52 bits per heavy atom. The minimum absolute atomic E-state index is 0.136. The maximum Gasteiger partial charge on any atom is 0.244 e. The molecule has 0 radical (unpaired) electrons. The lowest BCUT2D eigenvalue weighted by atomic mass is 9.70. The summed E-state index contributed by atoms with van der Waals surface area (Å²) in [6, 6.07) is 19.4. The Kier molecular flexibility index (Phi) is 4.20. The second kappa shape index (κ2) is 6.55. The Hall–Kier alpha value is -3.12. The largest absolute Gasteiger partial charge is 0.508 e. The van der Waals surface area contributed by atoms with Gasteiger partial charge in [0.05, 0.1) is 7.11 Å². The molecule has 4 rings (SSSR count). The molecule has 27 heavy (non-hydrogen) atoms. The number of anilines is 1. The van der Waals surface area contributed by atoms with Gasteiger partial charge in [-0.25, -0.2) is 0 Å². The van der Waals surface area contributed by atoms with E-state index in [0.29, 0.717) is 11.5 Å². The fourth-order valence-electron chi connectivity index (χ4n) is 3.63. The van der Waals surface area contributed by atoms with E-state index in [2.05, 4.69) is 18.2 Å².